The van der Waals surface area contributed by atoms with Crippen LogP contribution >= 0.6 is 0 Å². The molecule has 7 aromatic rings. The SMILES string of the molecule is Cc1cccc(C)c1-c1ccnc(-n2c3ccccc3c3ccc(Oc4cccc(N5C=C(C(C)(C)C)N(c6cccc(C(C)(C)C)c6)C5)c4)cc32)c1. The van der Waals surface area contributed by atoms with Crippen LogP contribution in [0.1, 0.15) is 58.2 Å². The number of ether oxygens (including phenoxy) is 1. The fourth-order valence-corrected chi connectivity index (χ4v) is 7.69. The van der Waals surface area contributed by atoms with Crippen LogP contribution in [-0.4, -0.2) is 16.2 Å². The van der Waals surface area contributed by atoms with Crippen molar-refractivity contribution < 1.29 is 4.74 Å². The van der Waals surface area contributed by atoms with Crippen LogP contribution in [0.3, 0.4) is 0 Å². The van der Waals surface area contributed by atoms with E-state index < -0.39 is 0 Å². The van der Waals surface area contributed by atoms with Gasteiger partial charge in [0.1, 0.15) is 17.3 Å². The molecule has 2 aromatic heterocycles. The van der Waals surface area contributed by atoms with Crippen LogP contribution in [0.25, 0.3) is 38.8 Å². The smallest absolute Gasteiger partial charge is 0.138 e. The second-order valence-corrected chi connectivity index (χ2v) is 16.4. The zero-order chi connectivity index (χ0) is 37.1. The Balaban J connectivity index is 1.14. The van der Waals surface area contributed by atoms with Crippen molar-refractivity contribution in [2.24, 2.45) is 5.41 Å². The average Bonchev–Trinajstić information content (AvgIpc) is 3.72. The molecule has 0 radical (unpaired) electrons. The summed E-state index contributed by atoms with van der Waals surface area (Å²) in [6, 6.07) is 43.1. The van der Waals surface area contributed by atoms with E-state index in [9.17, 15) is 0 Å². The van der Waals surface area contributed by atoms with E-state index in [-0.39, 0.29) is 10.8 Å². The van der Waals surface area contributed by atoms with Crippen LogP contribution in [0.15, 0.2) is 139 Å². The summed E-state index contributed by atoms with van der Waals surface area (Å²) >= 11 is 0. The Morgan fingerprint density at radius 3 is 2.08 bits per heavy atom. The van der Waals surface area contributed by atoms with Crippen LogP contribution in [0.2, 0.25) is 0 Å². The largest absolute Gasteiger partial charge is 0.457 e. The van der Waals surface area contributed by atoms with Crippen molar-refractivity contribution in [3.05, 3.63) is 156 Å². The molecule has 0 saturated heterocycles. The molecule has 0 aliphatic carbocycles. The van der Waals surface area contributed by atoms with Crippen molar-refractivity contribution in [3.63, 3.8) is 0 Å². The Labute approximate surface area is 313 Å². The molecule has 8 rings (SSSR count). The van der Waals surface area contributed by atoms with E-state index in [1.165, 1.54) is 39.0 Å². The third-order valence-electron chi connectivity index (χ3n) is 10.4. The summed E-state index contributed by atoms with van der Waals surface area (Å²) in [7, 11) is 0. The van der Waals surface area contributed by atoms with E-state index in [1.54, 1.807) is 0 Å². The van der Waals surface area contributed by atoms with Gasteiger partial charge in [-0.1, -0.05) is 96.1 Å². The first kappa shape index (κ1) is 34.3. The Morgan fingerprint density at radius 2 is 1.30 bits per heavy atom. The lowest BCUT2D eigenvalue weighted by Gasteiger charge is -2.32. The lowest BCUT2D eigenvalue weighted by molar-refractivity contribution is 0.483. The molecule has 0 bridgehead atoms. The van der Waals surface area contributed by atoms with Gasteiger partial charge in [-0.3, -0.25) is 4.57 Å². The Hall–Kier alpha value is -5.81. The summed E-state index contributed by atoms with van der Waals surface area (Å²) in [6.07, 6.45) is 4.22. The third-order valence-corrected chi connectivity index (χ3v) is 10.4. The standard InChI is InChI=1S/C48H48N4O/c1-32-14-11-15-33(2)46(32)34-24-25-49-45(26-34)52-42-21-10-9-20-40(42)41-23-22-39(29-43(41)52)53-38-19-13-17-36(28-38)50-30-44(48(6,7)8)51(31-50)37-18-12-16-35(27-37)47(3,4)5/h9-30H,31H2,1-8H3. The second-order valence-electron chi connectivity index (χ2n) is 16.4. The van der Waals surface area contributed by atoms with E-state index in [2.05, 4.69) is 191 Å². The number of para-hydroxylation sites is 1. The molecule has 0 N–H and O–H groups in total. The van der Waals surface area contributed by atoms with Crippen LogP contribution in [0, 0.1) is 19.3 Å². The van der Waals surface area contributed by atoms with Crippen molar-refractivity contribution in [1.29, 1.82) is 0 Å². The van der Waals surface area contributed by atoms with Crippen molar-refractivity contribution >= 4 is 33.2 Å². The lowest BCUT2D eigenvalue weighted by atomic mass is 9.86. The molecule has 1 aliphatic heterocycles. The van der Waals surface area contributed by atoms with Crippen molar-refractivity contribution in [2.75, 3.05) is 16.5 Å². The molecule has 0 atom stereocenters. The summed E-state index contributed by atoms with van der Waals surface area (Å²) in [5.74, 6) is 2.44. The van der Waals surface area contributed by atoms with Gasteiger partial charge in [0.15, 0.2) is 0 Å². The van der Waals surface area contributed by atoms with Crippen LogP contribution < -0.4 is 14.5 Å². The number of rotatable bonds is 6. The molecule has 5 heteroatoms. The first-order valence-electron chi connectivity index (χ1n) is 18.6. The normalized spacial score (nSPS) is 13.6. The molecule has 3 heterocycles. The number of benzene rings is 5. The van der Waals surface area contributed by atoms with Gasteiger partial charge >= 0.3 is 0 Å². The highest BCUT2D eigenvalue weighted by Crippen LogP contribution is 2.41. The first-order valence-corrected chi connectivity index (χ1v) is 18.6. The van der Waals surface area contributed by atoms with Crippen molar-refractivity contribution in [2.45, 2.75) is 60.8 Å². The minimum Gasteiger partial charge on any atom is -0.457 e. The highest BCUT2D eigenvalue weighted by Gasteiger charge is 2.32. The topological polar surface area (TPSA) is 33.5 Å². The number of hydrogen-bond acceptors (Lipinski definition) is 4. The molecule has 5 aromatic carbocycles. The van der Waals surface area contributed by atoms with Crippen molar-refractivity contribution in [1.82, 2.24) is 9.55 Å². The quantitative estimate of drug-likeness (QED) is 0.173. The van der Waals surface area contributed by atoms with Gasteiger partial charge in [0.25, 0.3) is 0 Å². The van der Waals surface area contributed by atoms with Crippen molar-refractivity contribution in [3.8, 4) is 28.4 Å². The summed E-state index contributed by atoms with van der Waals surface area (Å²) < 4.78 is 8.92. The highest BCUT2D eigenvalue weighted by atomic mass is 16.5. The molecule has 0 amide bonds. The zero-order valence-electron chi connectivity index (χ0n) is 32.1. The molecule has 0 spiro atoms. The van der Waals surface area contributed by atoms with Crippen LogP contribution in [0.5, 0.6) is 11.5 Å². The van der Waals surface area contributed by atoms with Gasteiger partial charge in [0.2, 0.25) is 0 Å². The molecule has 0 fully saturated rings. The molecule has 5 nitrogen and oxygen atoms in total. The zero-order valence-corrected chi connectivity index (χ0v) is 32.1. The van der Waals surface area contributed by atoms with Gasteiger partial charge in [-0.15, -0.1) is 0 Å². The number of allylic oxidation sites excluding steroid dienone is 1. The molecular weight excluding hydrogens is 649 g/mol. The summed E-state index contributed by atoms with van der Waals surface area (Å²) in [5, 5.41) is 2.34. The third kappa shape index (κ3) is 6.46. The molecular formula is C48H48N4O. The summed E-state index contributed by atoms with van der Waals surface area (Å²) in [6.45, 7) is 18.7. The minimum absolute atomic E-state index is 0.0401. The predicted octanol–water partition coefficient (Wildman–Crippen LogP) is 12.7. The molecule has 0 unspecified atom stereocenters. The fraction of sp³-hybridized carbons (Fsp3) is 0.229. The molecule has 266 valence electrons. The second kappa shape index (κ2) is 13.0. The number of nitrogens with zero attached hydrogens (tertiary/aromatic N) is 4. The van der Waals surface area contributed by atoms with E-state index in [1.807, 2.05) is 12.3 Å². The Kier molecular flexibility index (Phi) is 8.41. The maximum atomic E-state index is 6.66. The highest BCUT2D eigenvalue weighted by molar-refractivity contribution is 6.09. The number of hydrogen-bond donors (Lipinski definition) is 0. The predicted molar refractivity (Wildman–Crippen MR) is 223 cm³/mol. The number of anilines is 2. The average molecular weight is 697 g/mol. The van der Waals surface area contributed by atoms with E-state index >= 15 is 0 Å². The van der Waals surface area contributed by atoms with E-state index in [0.717, 1.165) is 51.7 Å². The van der Waals surface area contributed by atoms with Gasteiger partial charge in [-0.25, -0.2) is 4.98 Å². The number of pyridine rings is 1. The van der Waals surface area contributed by atoms with Crippen LogP contribution in [0.4, 0.5) is 11.4 Å². The summed E-state index contributed by atoms with van der Waals surface area (Å²) in [4.78, 5) is 9.68. The molecule has 0 saturated carbocycles. The maximum absolute atomic E-state index is 6.66. The van der Waals surface area contributed by atoms with Gasteiger partial charge in [-0.05, 0) is 102 Å². The Bertz CT molecular complexity index is 2510. The Morgan fingerprint density at radius 1 is 0.604 bits per heavy atom. The van der Waals surface area contributed by atoms with Gasteiger partial charge in [-0.2, -0.15) is 0 Å². The maximum Gasteiger partial charge on any atom is 0.138 e. The number of fused-ring (bicyclic) bond motifs is 3. The summed E-state index contributed by atoms with van der Waals surface area (Å²) in [5.41, 5.74) is 12.0. The lowest BCUT2D eigenvalue weighted by Crippen LogP contribution is -2.30. The minimum atomic E-state index is -0.0401. The monoisotopic (exact) mass is 696 g/mol. The van der Waals surface area contributed by atoms with Crippen LogP contribution in [-0.2, 0) is 5.41 Å². The molecule has 1 aliphatic rings. The van der Waals surface area contributed by atoms with E-state index in [4.69, 9.17) is 9.72 Å². The van der Waals surface area contributed by atoms with Gasteiger partial charge in [0.05, 0.1) is 17.7 Å². The van der Waals surface area contributed by atoms with Gasteiger partial charge in [0, 0.05) is 57.8 Å². The van der Waals surface area contributed by atoms with Gasteiger partial charge < -0.3 is 14.5 Å². The number of aromatic nitrogens is 2. The van der Waals surface area contributed by atoms with E-state index in [0.29, 0.717) is 0 Å². The number of aryl methyl sites for hydroxylation is 2. The molecule has 53 heavy (non-hydrogen) atoms. The fourth-order valence-electron chi connectivity index (χ4n) is 7.69. The first-order chi connectivity index (χ1) is 25.3.